The highest BCUT2D eigenvalue weighted by Gasteiger charge is 2.26. The van der Waals surface area contributed by atoms with Crippen LogP contribution < -0.4 is 9.03 Å². The number of rotatable bonds is 2. The Morgan fingerprint density at radius 2 is 2.30 bits per heavy atom. The van der Waals surface area contributed by atoms with Gasteiger partial charge in [0.05, 0.1) is 23.4 Å². The lowest BCUT2D eigenvalue weighted by atomic mass is 10.1. The summed E-state index contributed by atoms with van der Waals surface area (Å²) in [5.74, 6) is -0.0936. The molecule has 3 rings (SSSR count). The lowest BCUT2D eigenvalue weighted by Gasteiger charge is -2.18. The molecule has 1 saturated heterocycles. The number of hydrogen-bond acceptors (Lipinski definition) is 5. The van der Waals surface area contributed by atoms with E-state index in [1.54, 1.807) is 27.3 Å². The minimum absolute atomic E-state index is 0.0339. The molecule has 0 saturated carbocycles. The standard InChI is InChI=1S/C12H11ClN4O2S/c1-16-5-7(4-14-16)8-2-3-9(18)12(11(8)13)17-6-10(19)15-20-17/h2-5,18H,6H2,1H3,(H,15,19). The van der Waals surface area contributed by atoms with E-state index in [1.807, 2.05) is 13.2 Å². The Morgan fingerprint density at radius 3 is 2.90 bits per heavy atom. The van der Waals surface area contributed by atoms with Gasteiger partial charge in [-0.3, -0.25) is 18.5 Å². The minimum Gasteiger partial charge on any atom is -0.506 e. The van der Waals surface area contributed by atoms with Crippen LogP contribution >= 0.6 is 23.7 Å². The minimum atomic E-state index is -0.128. The fourth-order valence-electron chi connectivity index (χ4n) is 2.00. The van der Waals surface area contributed by atoms with Crippen LogP contribution in [0.1, 0.15) is 0 Å². The molecule has 20 heavy (non-hydrogen) atoms. The Bertz CT molecular complexity index is 688. The van der Waals surface area contributed by atoms with E-state index in [0.717, 1.165) is 23.3 Å². The number of benzene rings is 1. The third kappa shape index (κ3) is 2.19. The van der Waals surface area contributed by atoms with Gasteiger partial charge in [0.2, 0.25) is 0 Å². The van der Waals surface area contributed by atoms with Gasteiger partial charge in [-0.15, -0.1) is 0 Å². The van der Waals surface area contributed by atoms with Crippen molar-refractivity contribution in [3.8, 4) is 16.9 Å². The zero-order chi connectivity index (χ0) is 14.3. The molecule has 8 heteroatoms. The summed E-state index contributed by atoms with van der Waals surface area (Å²) in [7, 11) is 1.82. The molecule has 1 aliphatic heterocycles. The quantitative estimate of drug-likeness (QED) is 0.830. The second kappa shape index (κ2) is 4.92. The maximum absolute atomic E-state index is 11.3. The number of phenols is 1. The summed E-state index contributed by atoms with van der Waals surface area (Å²) in [5, 5.41) is 14.5. The zero-order valence-electron chi connectivity index (χ0n) is 10.5. The molecule has 1 aliphatic rings. The van der Waals surface area contributed by atoms with E-state index in [1.165, 1.54) is 0 Å². The predicted octanol–water partition coefficient (Wildman–Crippen LogP) is 1.95. The van der Waals surface area contributed by atoms with Gasteiger partial charge in [-0.1, -0.05) is 11.6 Å². The van der Waals surface area contributed by atoms with Crippen LogP contribution in [-0.2, 0) is 11.8 Å². The SMILES string of the molecule is Cn1cc(-c2ccc(O)c(N3CC(=O)NS3)c2Cl)cn1. The number of carbonyl (C=O) groups excluding carboxylic acids is 1. The number of aromatic nitrogens is 2. The van der Waals surface area contributed by atoms with E-state index in [4.69, 9.17) is 11.6 Å². The van der Waals surface area contributed by atoms with Crippen molar-refractivity contribution >= 4 is 35.3 Å². The molecule has 1 aromatic carbocycles. The maximum Gasteiger partial charge on any atom is 0.251 e. The molecule has 1 amide bonds. The predicted molar refractivity (Wildman–Crippen MR) is 78.4 cm³/mol. The average Bonchev–Trinajstić information content (AvgIpc) is 2.99. The first-order valence-electron chi connectivity index (χ1n) is 5.80. The number of hydrogen-bond donors (Lipinski definition) is 2. The Morgan fingerprint density at radius 1 is 1.50 bits per heavy atom. The highest BCUT2D eigenvalue weighted by atomic mass is 35.5. The number of anilines is 1. The first kappa shape index (κ1) is 13.1. The second-order valence-electron chi connectivity index (χ2n) is 4.35. The average molecular weight is 311 g/mol. The van der Waals surface area contributed by atoms with E-state index in [-0.39, 0.29) is 18.2 Å². The van der Waals surface area contributed by atoms with Gasteiger partial charge in [-0.2, -0.15) is 5.10 Å². The molecule has 2 heterocycles. The zero-order valence-corrected chi connectivity index (χ0v) is 12.1. The van der Waals surface area contributed by atoms with Crippen molar-refractivity contribution in [3.05, 3.63) is 29.5 Å². The topological polar surface area (TPSA) is 70.4 Å². The van der Waals surface area contributed by atoms with E-state index >= 15 is 0 Å². The van der Waals surface area contributed by atoms with E-state index in [2.05, 4.69) is 9.82 Å². The molecule has 0 bridgehead atoms. The smallest absolute Gasteiger partial charge is 0.251 e. The van der Waals surface area contributed by atoms with Crippen LogP contribution in [0.15, 0.2) is 24.5 Å². The van der Waals surface area contributed by atoms with Crippen molar-refractivity contribution in [2.24, 2.45) is 7.05 Å². The maximum atomic E-state index is 11.3. The Labute approximate surface area is 124 Å². The van der Waals surface area contributed by atoms with Crippen LogP contribution in [0.2, 0.25) is 5.02 Å². The molecular weight excluding hydrogens is 300 g/mol. The summed E-state index contributed by atoms with van der Waals surface area (Å²) in [4.78, 5) is 11.3. The van der Waals surface area contributed by atoms with Crippen molar-refractivity contribution in [1.29, 1.82) is 0 Å². The van der Waals surface area contributed by atoms with Crippen molar-refractivity contribution < 1.29 is 9.90 Å². The lowest BCUT2D eigenvalue weighted by Crippen LogP contribution is -2.15. The number of phenolic OH excluding ortho intramolecular Hbond substituents is 1. The molecule has 0 unspecified atom stereocenters. The van der Waals surface area contributed by atoms with Gasteiger partial charge in [-0.05, 0) is 12.1 Å². The van der Waals surface area contributed by atoms with E-state index < -0.39 is 0 Å². The molecule has 2 N–H and O–H groups in total. The number of nitrogens with zero attached hydrogens (tertiary/aromatic N) is 3. The first-order chi connectivity index (χ1) is 9.56. The molecule has 0 radical (unpaired) electrons. The summed E-state index contributed by atoms with van der Waals surface area (Å²) in [6, 6.07) is 3.29. The second-order valence-corrected chi connectivity index (χ2v) is 5.56. The number of aromatic hydroxyl groups is 1. The monoisotopic (exact) mass is 310 g/mol. The van der Waals surface area contributed by atoms with Crippen molar-refractivity contribution in [2.45, 2.75) is 0 Å². The number of aryl methyl sites for hydroxylation is 1. The molecule has 0 spiro atoms. The Hall–Kier alpha value is -1.86. The third-order valence-corrected chi connectivity index (χ3v) is 4.15. The van der Waals surface area contributed by atoms with Crippen LogP contribution in [0.4, 0.5) is 5.69 Å². The molecule has 104 valence electrons. The largest absolute Gasteiger partial charge is 0.506 e. The van der Waals surface area contributed by atoms with Crippen LogP contribution in [-0.4, -0.2) is 27.3 Å². The first-order valence-corrected chi connectivity index (χ1v) is 6.95. The summed E-state index contributed by atoms with van der Waals surface area (Å²) < 4.78 is 5.90. The van der Waals surface area contributed by atoms with Crippen molar-refractivity contribution in [1.82, 2.24) is 14.5 Å². The lowest BCUT2D eigenvalue weighted by molar-refractivity contribution is -0.117. The number of nitrogens with one attached hydrogen (secondary N) is 1. The number of halogens is 1. The Kier molecular flexibility index (Phi) is 3.23. The van der Waals surface area contributed by atoms with Crippen LogP contribution in [0, 0.1) is 0 Å². The van der Waals surface area contributed by atoms with Gasteiger partial charge in [0.15, 0.2) is 0 Å². The molecule has 2 aromatic rings. The van der Waals surface area contributed by atoms with Gasteiger partial charge in [-0.25, -0.2) is 0 Å². The van der Waals surface area contributed by atoms with Crippen molar-refractivity contribution in [2.75, 3.05) is 10.8 Å². The van der Waals surface area contributed by atoms with E-state index in [9.17, 15) is 9.90 Å². The van der Waals surface area contributed by atoms with Crippen LogP contribution in [0.5, 0.6) is 5.75 Å². The fourth-order valence-corrected chi connectivity index (χ4v) is 3.16. The van der Waals surface area contributed by atoms with Gasteiger partial charge >= 0.3 is 0 Å². The highest BCUT2D eigenvalue weighted by molar-refractivity contribution is 7.99. The van der Waals surface area contributed by atoms with Gasteiger partial charge < -0.3 is 5.11 Å². The van der Waals surface area contributed by atoms with Crippen LogP contribution in [0.25, 0.3) is 11.1 Å². The summed E-state index contributed by atoms with van der Waals surface area (Å²) in [5.41, 5.74) is 2.03. The van der Waals surface area contributed by atoms with Crippen molar-refractivity contribution in [3.63, 3.8) is 0 Å². The molecule has 0 atom stereocenters. The normalized spacial score (nSPS) is 14.7. The van der Waals surface area contributed by atoms with Gasteiger partial charge in [0.1, 0.15) is 18.0 Å². The molecule has 6 nitrogen and oxygen atoms in total. The van der Waals surface area contributed by atoms with E-state index in [0.29, 0.717) is 10.7 Å². The number of carbonyl (C=O) groups is 1. The summed E-state index contributed by atoms with van der Waals surface area (Å²) >= 11 is 7.50. The highest BCUT2D eigenvalue weighted by Crippen LogP contribution is 2.44. The Balaban J connectivity index is 2.08. The molecule has 1 fully saturated rings. The van der Waals surface area contributed by atoms with Gasteiger partial charge in [0.25, 0.3) is 5.91 Å². The van der Waals surface area contributed by atoms with Gasteiger partial charge in [0, 0.05) is 24.4 Å². The molecule has 0 aliphatic carbocycles. The number of amides is 1. The molecule has 1 aromatic heterocycles. The summed E-state index contributed by atoms with van der Waals surface area (Å²) in [6.45, 7) is 0.147. The van der Waals surface area contributed by atoms with Crippen LogP contribution in [0.3, 0.4) is 0 Å². The summed E-state index contributed by atoms with van der Waals surface area (Å²) in [6.07, 6.45) is 3.53. The molecular formula is C12H11ClN4O2S. The fraction of sp³-hybridized carbons (Fsp3) is 0.167. The third-order valence-electron chi connectivity index (χ3n) is 2.92.